The molecular formula is C62H107NO10. The van der Waals surface area contributed by atoms with E-state index in [9.17, 15) is 35.1 Å². The highest BCUT2D eigenvalue weighted by atomic mass is 16.7. The molecule has 1 saturated heterocycles. The van der Waals surface area contributed by atoms with E-state index in [1.165, 1.54) is 77.0 Å². The minimum atomic E-state index is -1.63. The Bertz CT molecular complexity index is 1510. The minimum Gasteiger partial charge on any atom is -0.454 e. The Morgan fingerprint density at radius 1 is 0.548 bits per heavy atom. The second kappa shape index (κ2) is 49.7. The van der Waals surface area contributed by atoms with Gasteiger partial charge in [0.15, 0.2) is 12.4 Å². The van der Waals surface area contributed by atoms with Crippen LogP contribution >= 0.6 is 0 Å². The molecule has 11 nitrogen and oxygen atoms in total. The normalized spacial score (nSPS) is 20.0. The molecule has 0 radical (unpaired) electrons. The number of ether oxygens (including phenoxy) is 3. The van der Waals surface area contributed by atoms with Crippen molar-refractivity contribution in [2.45, 2.75) is 282 Å². The van der Waals surface area contributed by atoms with Gasteiger partial charge in [-0.05, 0) is 96.3 Å². The van der Waals surface area contributed by atoms with Crippen molar-refractivity contribution in [3.05, 3.63) is 85.1 Å². The molecule has 8 atom stereocenters. The molecular weight excluding hydrogens is 919 g/mol. The van der Waals surface area contributed by atoms with Crippen LogP contribution in [0.15, 0.2) is 85.1 Å². The SMILES string of the molecule is CC/C=C\C/C=C\C/C=C\C/C=C\C/C=C\CCCCCC(=O)OC1C(OCC(NC(=O)C(O)CCCCCCCC/C=C\CCCCCC)C(O)/C=C/CCCCCCCCCCC)OC(CO)C(O)C1O. The van der Waals surface area contributed by atoms with Gasteiger partial charge in [0, 0.05) is 6.42 Å². The number of amides is 1. The fourth-order valence-corrected chi connectivity index (χ4v) is 8.61. The number of unbranched alkanes of at least 4 members (excludes halogenated alkanes) is 22. The van der Waals surface area contributed by atoms with Gasteiger partial charge in [-0.1, -0.05) is 215 Å². The zero-order valence-electron chi connectivity index (χ0n) is 46.2. The van der Waals surface area contributed by atoms with Gasteiger partial charge in [-0.2, -0.15) is 0 Å². The van der Waals surface area contributed by atoms with Gasteiger partial charge in [0.2, 0.25) is 5.91 Å². The van der Waals surface area contributed by atoms with Gasteiger partial charge in [-0.3, -0.25) is 9.59 Å². The number of hydrogen-bond acceptors (Lipinski definition) is 10. The highest BCUT2D eigenvalue weighted by molar-refractivity contribution is 5.80. The average molecular weight is 1030 g/mol. The second-order valence-electron chi connectivity index (χ2n) is 20.0. The van der Waals surface area contributed by atoms with Gasteiger partial charge in [0.05, 0.1) is 25.4 Å². The second-order valence-corrected chi connectivity index (χ2v) is 20.0. The summed E-state index contributed by atoms with van der Waals surface area (Å²) in [5.41, 5.74) is 0. The van der Waals surface area contributed by atoms with Gasteiger partial charge in [-0.15, -0.1) is 0 Å². The van der Waals surface area contributed by atoms with Gasteiger partial charge < -0.3 is 45.1 Å². The molecule has 420 valence electrons. The lowest BCUT2D eigenvalue weighted by atomic mass is 9.99. The van der Waals surface area contributed by atoms with Gasteiger partial charge in [-0.25, -0.2) is 0 Å². The van der Waals surface area contributed by atoms with Crippen LogP contribution in [0.2, 0.25) is 0 Å². The monoisotopic (exact) mass is 1030 g/mol. The molecule has 73 heavy (non-hydrogen) atoms. The summed E-state index contributed by atoms with van der Waals surface area (Å²) in [4.78, 5) is 26.5. The molecule has 0 aromatic rings. The molecule has 1 rings (SSSR count). The summed E-state index contributed by atoms with van der Waals surface area (Å²) in [6.45, 7) is 5.62. The summed E-state index contributed by atoms with van der Waals surface area (Å²) in [6, 6.07) is -1.04. The molecule has 1 aliphatic heterocycles. The van der Waals surface area contributed by atoms with Crippen LogP contribution in [0.1, 0.15) is 233 Å². The van der Waals surface area contributed by atoms with E-state index in [1.807, 2.05) is 6.08 Å². The zero-order chi connectivity index (χ0) is 53.3. The van der Waals surface area contributed by atoms with Crippen molar-refractivity contribution >= 4 is 11.9 Å². The Hall–Kier alpha value is -3.16. The molecule has 11 heteroatoms. The molecule has 0 aromatic carbocycles. The van der Waals surface area contributed by atoms with Crippen molar-refractivity contribution in [3.63, 3.8) is 0 Å². The Kier molecular flexibility index (Phi) is 46.2. The Morgan fingerprint density at radius 2 is 0.986 bits per heavy atom. The van der Waals surface area contributed by atoms with Crippen LogP contribution in [-0.2, 0) is 23.8 Å². The third-order valence-corrected chi connectivity index (χ3v) is 13.3. The standard InChI is InChI=1S/C62H107NO10/c1-4-7-10-13-16-19-22-24-26-27-28-29-30-32-35-38-41-44-47-50-57(67)73-60-59(69)58(68)56(51-64)72-62(60)71-52-53(54(65)48-45-42-39-36-33-21-18-15-12-9-6-3)63-61(70)55(66)49-46-43-40-37-34-31-25-23-20-17-14-11-8-5-2/h7,10,16,19-20,23-24,26,28-29,32,35,45,48,53-56,58-60,62,64-66,68-69H,4-6,8-9,11-15,17-18,21-22,25,27,30-31,33-34,36-44,46-47,49-52H2,1-3H3,(H,63,70)/b10-7-,19-16-,23-20-,26-24-,29-28-,35-32-,48-45+. The van der Waals surface area contributed by atoms with Crippen molar-refractivity contribution < 1.29 is 49.3 Å². The number of carbonyl (C=O) groups excluding carboxylic acids is 2. The molecule has 8 unspecified atom stereocenters. The van der Waals surface area contributed by atoms with Crippen LogP contribution in [0.5, 0.6) is 0 Å². The highest BCUT2D eigenvalue weighted by Gasteiger charge is 2.47. The summed E-state index contributed by atoms with van der Waals surface area (Å²) in [5, 5.41) is 56.8. The van der Waals surface area contributed by atoms with Crippen molar-refractivity contribution in [2.75, 3.05) is 13.2 Å². The van der Waals surface area contributed by atoms with Crippen molar-refractivity contribution in [1.82, 2.24) is 5.32 Å². The first kappa shape index (κ1) is 67.9. The predicted octanol–water partition coefficient (Wildman–Crippen LogP) is 13.4. The summed E-state index contributed by atoms with van der Waals surface area (Å²) in [5.74, 6) is -1.24. The van der Waals surface area contributed by atoms with E-state index in [2.05, 4.69) is 99.0 Å². The number of aliphatic hydroxyl groups excluding tert-OH is 5. The summed E-state index contributed by atoms with van der Waals surface area (Å²) >= 11 is 0. The molecule has 6 N–H and O–H groups in total. The van der Waals surface area contributed by atoms with Crippen molar-refractivity contribution in [2.24, 2.45) is 0 Å². The number of esters is 1. The van der Waals surface area contributed by atoms with Crippen molar-refractivity contribution in [3.8, 4) is 0 Å². The van der Waals surface area contributed by atoms with Crippen LogP contribution in [0, 0.1) is 0 Å². The molecule has 0 bridgehead atoms. The fraction of sp³-hybridized carbons (Fsp3) is 0.742. The maximum Gasteiger partial charge on any atom is 0.306 e. The lowest BCUT2D eigenvalue weighted by molar-refractivity contribution is -0.305. The van der Waals surface area contributed by atoms with E-state index in [-0.39, 0.29) is 19.4 Å². The molecule has 0 saturated carbocycles. The van der Waals surface area contributed by atoms with E-state index in [1.54, 1.807) is 6.08 Å². The Morgan fingerprint density at radius 3 is 1.51 bits per heavy atom. The maximum absolute atomic E-state index is 13.4. The van der Waals surface area contributed by atoms with E-state index < -0.39 is 67.4 Å². The summed E-state index contributed by atoms with van der Waals surface area (Å²) in [7, 11) is 0. The smallest absolute Gasteiger partial charge is 0.306 e. The molecule has 0 aliphatic carbocycles. The maximum atomic E-state index is 13.4. The number of allylic oxidation sites excluding steroid dienone is 13. The lowest BCUT2D eigenvalue weighted by Crippen LogP contribution is -2.61. The van der Waals surface area contributed by atoms with E-state index >= 15 is 0 Å². The van der Waals surface area contributed by atoms with E-state index in [0.29, 0.717) is 12.8 Å². The first-order valence-electron chi connectivity index (χ1n) is 29.4. The largest absolute Gasteiger partial charge is 0.454 e. The van der Waals surface area contributed by atoms with Gasteiger partial charge in [0.1, 0.15) is 24.4 Å². The molecule has 0 spiro atoms. The summed E-state index contributed by atoms with van der Waals surface area (Å²) in [6.07, 6.45) is 53.3. The van der Waals surface area contributed by atoms with Crippen LogP contribution in [0.3, 0.4) is 0 Å². The summed E-state index contributed by atoms with van der Waals surface area (Å²) < 4.78 is 17.5. The first-order valence-corrected chi connectivity index (χ1v) is 29.4. The minimum absolute atomic E-state index is 0.0804. The topological polar surface area (TPSA) is 175 Å². The molecule has 1 amide bonds. The Balaban J connectivity index is 2.73. The predicted molar refractivity (Wildman–Crippen MR) is 301 cm³/mol. The first-order chi connectivity index (χ1) is 35.7. The van der Waals surface area contributed by atoms with Gasteiger partial charge >= 0.3 is 5.97 Å². The number of nitrogens with one attached hydrogen (secondary N) is 1. The molecule has 1 aliphatic rings. The lowest BCUT2D eigenvalue weighted by Gasteiger charge is -2.41. The quantitative estimate of drug-likeness (QED) is 0.0195. The van der Waals surface area contributed by atoms with E-state index in [4.69, 9.17) is 14.2 Å². The molecule has 0 aromatic heterocycles. The van der Waals surface area contributed by atoms with Gasteiger partial charge in [0.25, 0.3) is 0 Å². The third-order valence-electron chi connectivity index (χ3n) is 13.3. The third kappa shape index (κ3) is 38.1. The van der Waals surface area contributed by atoms with Crippen LogP contribution in [0.25, 0.3) is 0 Å². The number of aliphatic hydroxyl groups is 5. The fourth-order valence-electron chi connectivity index (χ4n) is 8.61. The van der Waals surface area contributed by atoms with Crippen molar-refractivity contribution in [1.29, 1.82) is 0 Å². The zero-order valence-corrected chi connectivity index (χ0v) is 46.2. The number of hydrogen-bond donors (Lipinski definition) is 6. The van der Waals surface area contributed by atoms with Crippen LogP contribution < -0.4 is 5.32 Å². The Labute approximate surface area is 444 Å². The molecule has 1 fully saturated rings. The molecule has 1 heterocycles. The number of rotatable bonds is 48. The van der Waals surface area contributed by atoms with Crippen LogP contribution in [0.4, 0.5) is 0 Å². The number of carbonyl (C=O) groups is 2. The average Bonchev–Trinajstić information content (AvgIpc) is 3.39. The highest BCUT2D eigenvalue weighted by Crippen LogP contribution is 2.26. The van der Waals surface area contributed by atoms with Crippen LogP contribution in [-0.4, -0.2) is 99.6 Å². The van der Waals surface area contributed by atoms with E-state index in [0.717, 1.165) is 109 Å².